The molecule has 0 unspecified atom stereocenters. The Labute approximate surface area is 137 Å². The van der Waals surface area contributed by atoms with Crippen molar-refractivity contribution in [2.75, 3.05) is 17.8 Å². The van der Waals surface area contributed by atoms with E-state index in [2.05, 4.69) is 5.32 Å². The zero-order valence-corrected chi connectivity index (χ0v) is 13.4. The zero-order chi connectivity index (χ0) is 14.7. The van der Waals surface area contributed by atoms with E-state index >= 15 is 0 Å². The summed E-state index contributed by atoms with van der Waals surface area (Å²) >= 11 is 0. The number of ether oxygens (including phenoxy) is 2. The van der Waals surface area contributed by atoms with Crippen molar-refractivity contribution in [3.05, 3.63) is 12.1 Å². The Morgan fingerprint density at radius 3 is 2.32 bits per heavy atom. The molecule has 2 aliphatic rings. The van der Waals surface area contributed by atoms with E-state index in [1.807, 2.05) is 0 Å². The topological polar surface area (TPSA) is 73.6 Å². The van der Waals surface area contributed by atoms with Gasteiger partial charge in [-0.15, -0.1) is 12.4 Å². The summed E-state index contributed by atoms with van der Waals surface area (Å²) in [6, 6.07) is 3.45. The van der Waals surface area contributed by atoms with Gasteiger partial charge in [-0.25, -0.2) is 0 Å². The van der Waals surface area contributed by atoms with Gasteiger partial charge in [0.2, 0.25) is 12.7 Å². The standard InChI is InChI=1S/C16H22N2O3.ClH/c17-12-8-14-15(21-10-20-14)9-13(12)18-16(19)11-6-4-2-1-3-5-7-11;/h8-9,11H,1-7,10,17H2,(H,18,19);1H. The molecular weight excluding hydrogens is 304 g/mol. The molecule has 0 bridgehead atoms. The predicted octanol–water partition coefficient (Wildman–Crippen LogP) is 3.72. The number of halogens is 1. The highest BCUT2D eigenvalue weighted by molar-refractivity contribution is 5.96. The third-order valence-electron chi connectivity index (χ3n) is 4.28. The van der Waals surface area contributed by atoms with Gasteiger partial charge in [-0.1, -0.05) is 32.1 Å². The molecule has 122 valence electrons. The smallest absolute Gasteiger partial charge is 0.231 e. The van der Waals surface area contributed by atoms with Crippen molar-refractivity contribution in [3.8, 4) is 11.5 Å². The van der Waals surface area contributed by atoms with Crippen molar-refractivity contribution in [2.45, 2.75) is 44.9 Å². The van der Waals surface area contributed by atoms with Gasteiger partial charge in [-0.05, 0) is 12.8 Å². The number of fused-ring (bicyclic) bond motifs is 1. The third kappa shape index (κ3) is 3.77. The monoisotopic (exact) mass is 326 g/mol. The highest BCUT2D eigenvalue weighted by atomic mass is 35.5. The van der Waals surface area contributed by atoms with Crippen LogP contribution >= 0.6 is 12.4 Å². The molecule has 0 spiro atoms. The van der Waals surface area contributed by atoms with Gasteiger partial charge in [0.25, 0.3) is 0 Å². The first-order valence-corrected chi connectivity index (χ1v) is 7.74. The number of hydrogen-bond donors (Lipinski definition) is 2. The fraction of sp³-hybridized carbons (Fsp3) is 0.562. The summed E-state index contributed by atoms with van der Waals surface area (Å²) in [7, 11) is 0. The third-order valence-corrected chi connectivity index (χ3v) is 4.28. The number of carbonyl (C=O) groups is 1. The van der Waals surface area contributed by atoms with Crippen LogP contribution in [0.25, 0.3) is 0 Å². The van der Waals surface area contributed by atoms with Crippen LogP contribution in [-0.4, -0.2) is 12.7 Å². The predicted molar refractivity (Wildman–Crippen MR) is 88.7 cm³/mol. The van der Waals surface area contributed by atoms with Gasteiger partial charge in [0.15, 0.2) is 11.5 Å². The van der Waals surface area contributed by atoms with Crippen LogP contribution in [0.4, 0.5) is 11.4 Å². The minimum atomic E-state index is 0. The molecule has 0 aromatic heterocycles. The van der Waals surface area contributed by atoms with E-state index in [0.29, 0.717) is 22.9 Å². The van der Waals surface area contributed by atoms with Crippen LogP contribution in [-0.2, 0) is 4.79 Å². The van der Waals surface area contributed by atoms with Crippen molar-refractivity contribution in [3.63, 3.8) is 0 Å². The Bertz CT molecular complexity index is 528. The second-order valence-corrected chi connectivity index (χ2v) is 5.82. The molecular formula is C16H23ClN2O3. The van der Waals surface area contributed by atoms with Gasteiger partial charge in [0, 0.05) is 18.1 Å². The normalized spacial score (nSPS) is 18.0. The molecule has 3 N–H and O–H groups in total. The average molecular weight is 327 g/mol. The second-order valence-electron chi connectivity index (χ2n) is 5.82. The first kappa shape index (κ1) is 16.7. The number of nitrogens with one attached hydrogen (secondary N) is 1. The fourth-order valence-electron chi connectivity index (χ4n) is 3.02. The number of nitrogens with two attached hydrogens (primary N) is 1. The highest BCUT2D eigenvalue weighted by Crippen LogP contribution is 2.38. The van der Waals surface area contributed by atoms with Crippen LogP contribution in [0.1, 0.15) is 44.9 Å². The fourth-order valence-corrected chi connectivity index (χ4v) is 3.02. The van der Waals surface area contributed by atoms with Crippen LogP contribution in [0.3, 0.4) is 0 Å². The Morgan fingerprint density at radius 1 is 1.05 bits per heavy atom. The van der Waals surface area contributed by atoms with Gasteiger partial charge in [0.1, 0.15) is 0 Å². The van der Waals surface area contributed by atoms with Crippen molar-refractivity contribution >= 4 is 29.7 Å². The second kappa shape index (κ2) is 7.58. The van der Waals surface area contributed by atoms with Crippen LogP contribution in [0, 0.1) is 5.92 Å². The Hall–Kier alpha value is -1.62. The van der Waals surface area contributed by atoms with E-state index in [1.165, 1.54) is 19.3 Å². The maximum absolute atomic E-state index is 12.4. The number of nitrogen functional groups attached to an aromatic ring is 1. The quantitative estimate of drug-likeness (QED) is 0.812. The molecule has 0 atom stereocenters. The van der Waals surface area contributed by atoms with Crippen LogP contribution in [0.15, 0.2) is 12.1 Å². The number of amides is 1. The van der Waals surface area contributed by atoms with Crippen LogP contribution < -0.4 is 20.5 Å². The van der Waals surface area contributed by atoms with Crippen molar-refractivity contribution in [1.29, 1.82) is 0 Å². The summed E-state index contributed by atoms with van der Waals surface area (Å²) in [5.41, 5.74) is 7.11. The Morgan fingerprint density at radius 2 is 1.64 bits per heavy atom. The lowest BCUT2D eigenvalue weighted by atomic mass is 9.90. The van der Waals surface area contributed by atoms with E-state index in [0.717, 1.165) is 25.7 Å². The maximum atomic E-state index is 12.4. The minimum absolute atomic E-state index is 0. The largest absolute Gasteiger partial charge is 0.454 e. The van der Waals surface area contributed by atoms with E-state index in [4.69, 9.17) is 15.2 Å². The molecule has 1 aromatic carbocycles. The van der Waals surface area contributed by atoms with Crippen molar-refractivity contribution in [2.24, 2.45) is 5.92 Å². The first-order valence-electron chi connectivity index (χ1n) is 7.74. The zero-order valence-electron chi connectivity index (χ0n) is 12.6. The maximum Gasteiger partial charge on any atom is 0.231 e. The molecule has 0 saturated heterocycles. The lowest BCUT2D eigenvalue weighted by Gasteiger charge is -2.19. The van der Waals surface area contributed by atoms with Crippen LogP contribution in [0.2, 0.25) is 0 Å². The van der Waals surface area contributed by atoms with E-state index in [9.17, 15) is 4.79 Å². The summed E-state index contributed by atoms with van der Waals surface area (Å²) < 4.78 is 10.6. The number of hydrogen-bond acceptors (Lipinski definition) is 4. The summed E-state index contributed by atoms with van der Waals surface area (Å²) in [5.74, 6) is 1.44. The number of benzene rings is 1. The molecule has 1 heterocycles. The average Bonchev–Trinajstić information content (AvgIpc) is 2.85. The first-order chi connectivity index (χ1) is 10.2. The van der Waals surface area contributed by atoms with Gasteiger partial charge in [0.05, 0.1) is 11.4 Å². The van der Waals surface area contributed by atoms with Gasteiger partial charge >= 0.3 is 0 Å². The molecule has 1 aliphatic carbocycles. The van der Waals surface area contributed by atoms with E-state index in [-0.39, 0.29) is 31.0 Å². The molecule has 6 heteroatoms. The Kier molecular flexibility index (Phi) is 5.77. The lowest BCUT2D eigenvalue weighted by Crippen LogP contribution is -2.24. The highest BCUT2D eigenvalue weighted by Gasteiger charge is 2.22. The molecule has 22 heavy (non-hydrogen) atoms. The van der Waals surface area contributed by atoms with Gasteiger partial charge in [-0.2, -0.15) is 0 Å². The van der Waals surface area contributed by atoms with Gasteiger partial charge in [-0.3, -0.25) is 4.79 Å². The van der Waals surface area contributed by atoms with E-state index in [1.54, 1.807) is 12.1 Å². The molecule has 0 radical (unpaired) electrons. The lowest BCUT2D eigenvalue weighted by molar-refractivity contribution is -0.120. The summed E-state index contributed by atoms with van der Waals surface area (Å²) in [6.07, 6.45) is 7.96. The molecule has 1 aliphatic heterocycles. The number of carbonyl (C=O) groups excluding carboxylic acids is 1. The summed E-state index contributed by atoms with van der Waals surface area (Å²) in [4.78, 5) is 12.4. The summed E-state index contributed by atoms with van der Waals surface area (Å²) in [5, 5.41) is 2.96. The van der Waals surface area contributed by atoms with Crippen molar-refractivity contribution in [1.82, 2.24) is 0 Å². The number of anilines is 2. The molecule has 5 nitrogen and oxygen atoms in total. The molecule has 1 aromatic rings. The molecule has 1 amide bonds. The molecule has 1 saturated carbocycles. The van der Waals surface area contributed by atoms with E-state index < -0.39 is 0 Å². The SMILES string of the molecule is Cl.Nc1cc2c(cc1NC(=O)C1CCCCCCC1)OCO2. The summed E-state index contributed by atoms with van der Waals surface area (Å²) in [6.45, 7) is 0.203. The van der Waals surface area contributed by atoms with Crippen LogP contribution in [0.5, 0.6) is 11.5 Å². The molecule has 1 fully saturated rings. The molecule has 3 rings (SSSR count). The van der Waals surface area contributed by atoms with Crippen molar-refractivity contribution < 1.29 is 14.3 Å². The minimum Gasteiger partial charge on any atom is -0.454 e. The van der Waals surface area contributed by atoms with Gasteiger partial charge < -0.3 is 20.5 Å². The Balaban J connectivity index is 0.00000176. The number of rotatable bonds is 2.